The lowest BCUT2D eigenvalue weighted by Gasteiger charge is -2.24. The molecule has 1 amide bonds. The Morgan fingerprint density at radius 3 is 2.72 bits per heavy atom. The molecule has 2 aromatic carbocycles. The molecule has 3 heterocycles. The summed E-state index contributed by atoms with van der Waals surface area (Å²) in [5.74, 6) is 0.495. The molecule has 1 aromatic heterocycles. The normalized spacial score (nSPS) is 20.6. The highest BCUT2D eigenvalue weighted by Gasteiger charge is 2.38. The predicted molar refractivity (Wildman–Crippen MR) is 120 cm³/mol. The fourth-order valence-corrected chi connectivity index (χ4v) is 4.57. The topological polar surface area (TPSA) is 85.2 Å². The van der Waals surface area contributed by atoms with Crippen molar-refractivity contribution < 1.29 is 9.53 Å². The number of amides is 1. The zero-order valence-electron chi connectivity index (χ0n) is 18.4. The van der Waals surface area contributed by atoms with E-state index in [-0.39, 0.29) is 18.0 Å². The van der Waals surface area contributed by atoms with Gasteiger partial charge in [0.2, 0.25) is 5.91 Å². The zero-order chi connectivity index (χ0) is 22.1. The van der Waals surface area contributed by atoms with Crippen LogP contribution >= 0.6 is 0 Å². The van der Waals surface area contributed by atoms with Gasteiger partial charge in [0.05, 0.1) is 25.3 Å². The fourth-order valence-electron chi connectivity index (χ4n) is 4.57. The summed E-state index contributed by atoms with van der Waals surface area (Å²) >= 11 is 0. The lowest BCUT2D eigenvalue weighted by molar-refractivity contribution is -0.120. The second-order valence-electron chi connectivity index (χ2n) is 8.99. The van der Waals surface area contributed by atoms with Crippen molar-refractivity contribution in [1.29, 1.82) is 0 Å². The third kappa shape index (κ3) is 4.28. The largest absolute Gasteiger partial charge is 0.372 e. The molecule has 8 heteroatoms. The van der Waals surface area contributed by atoms with Crippen LogP contribution in [-0.2, 0) is 29.3 Å². The molecule has 0 bridgehead atoms. The number of nitrogens with one attached hydrogen (secondary N) is 1. The molecule has 2 atom stereocenters. The summed E-state index contributed by atoms with van der Waals surface area (Å²) in [4.78, 5) is 15.6. The summed E-state index contributed by atoms with van der Waals surface area (Å²) in [5.41, 5.74) is 5.65. The number of aromatic nitrogens is 4. The number of fused-ring (bicyclic) bond motifs is 1. The first-order chi connectivity index (χ1) is 15.6. The van der Waals surface area contributed by atoms with Crippen molar-refractivity contribution >= 4 is 11.6 Å². The Morgan fingerprint density at radius 2 is 1.97 bits per heavy atom. The van der Waals surface area contributed by atoms with Crippen LogP contribution in [0.2, 0.25) is 0 Å². The molecule has 8 nitrogen and oxygen atoms in total. The molecule has 3 aromatic rings. The number of hydrogen-bond acceptors (Lipinski definition) is 6. The van der Waals surface area contributed by atoms with Gasteiger partial charge in [0.1, 0.15) is 6.33 Å². The highest BCUT2D eigenvalue weighted by atomic mass is 16.5. The molecule has 2 aliphatic heterocycles. The van der Waals surface area contributed by atoms with Gasteiger partial charge < -0.3 is 10.1 Å². The fraction of sp³-hybridized carbons (Fsp3) is 0.417. The van der Waals surface area contributed by atoms with Gasteiger partial charge >= 0.3 is 0 Å². The summed E-state index contributed by atoms with van der Waals surface area (Å²) in [6.07, 6.45) is 2.29. The highest BCUT2D eigenvalue weighted by molar-refractivity contribution is 5.95. The zero-order valence-corrected chi connectivity index (χ0v) is 18.4. The number of hydrogen-bond donors (Lipinski definition) is 1. The summed E-state index contributed by atoms with van der Waals surface area (Å²) in [5, 5.41) is 14.7. The number of rotatable bonds is 6. The average molecular weight is 433 g/mol. The van der Waals surface area contributed by atoms with Crippen LogP contribution in [-0.4, -0.2) is 43.6 Å². The van der Waals surface area contributed by atoms with Gasteiger partial charge in [-0.05, 0) is 57.2 Å². The van der Waals surface area contributed by atoms with Gasteiger partial charge in [-0.2, -0.15) is 0 Å². The molecule has 0 aliphatic carbocycles. The Bertz CT molecular complexity index is 1080. The molecule has 0 radical (unpaired) electrons. The van der Waals surface area contributed by atoms with Crippen LogP contribution in [0, 0.1) is 0 Å². The Labute approximate surface area is 187 Å². The van der Waals surface area contributed by atoms with Gasteiger partial charge in [0.25, 0.3) is 0 Å². The van der Waals surface area contributed by atoms with Gasteiger partial charge in [0, 0.05) is 18.8 Å². The van der Waals surface area contributed by atoms with Crippen LogP contribution < -0.4 is 5.32 Å². The molecule has 1 N–H and O–H groups in total. The molecule has 0 spiro atoms. The van der Waals surface area contributed by atoms with Gasteiger partial charge in [0.15, 0.2) is 0 Å². The van der Waals surface area contributed by atoms with Gasteiger partial charge in [-0.1, -0.05) is 44.2 Å². The van der Waals surface area contributed by atoms with E-state index in [0.29, 0.717) is 38.6 Å². The predicted octanol–water partition coefficient (Wildman–Crippen LogP) is 3.28. The monoisotopic (exact) mass is 432 g/mol. The number of likely N-dealkylation sites (tertiary alicyclic amines) is 1. The van der Waals surface area contributed by atoms with Crippen molar-refractivity contribution in [3.05, 3.63) is 71.0 Å². The Morgan fingerprint density at radius 1 is 1.16 bits per heavy atom. The number of carbonyl (C=O) groups excluding carboxylic acids is 1. The third-order valence-corrected chi connectivity index (χ3v) is 6.44. The Kier molecular flexibility index (Phi) is 5.71. The quantitative estimate of drug-likeness (QED) is 0.643. The number of anilines is 1. The van der Waals surface area contributed by atoms with E-state index >= 15 is 0 Å². The van der Waals surface area contributed by atoms with Crippen molar-refractivity contribution in [1.82, 2.24) is 25.1 Å². The summed E-state index contributed by atoms with van der Waals surface area (Å²) in [6.45, 7) is 7.04. The van der Waals surface area contributed by atoms with E-state index in [1.165, 1.54) is 16.7 Å². The number of tetrazole rings is 1. The number of nitrogens with zero attached hydrogens (tertiary/aromatic N) is 5. The van der Waals surface area contributed by atoms with Crippen molar-refractivity contribution in [2.75, 3.05) is 11.9 Å². The average Bonchev–Trinajstić information content (AvgIpc) is 3.54. The van der Waals surface area contributed by atoms with Crippen LogP contribution in [0.1, 0.15) is 54.5 Å². The minimum atomic E-state index is -0.265. The first kappa shape index (κ1) is 20.8. The maximum Gasteiger partial charge on any atom is 0.241 e. The van der Waals surface area contributed by atoms with Gasteiger partial charge in [-0.25, -0.2) is 4.68 Å². The van der Waals surface area contributed by atoms with E-state index in [1.807, 2.05) is 18.2 Å². The Hall–Kier alpha value is -3.10. The number of carbonyl (C=O) groups is 1. The smallest absolute Gasteiger partial charge is 0.241 e. The van der Waals surface area contributed by atoms with E-state index in [9.17, 15) is 4.79 Å². The molecule has 0 saturated carbocycles. The number of benzene rings is 2. The standard InChI is InChI=1S/C24H28N6O2/c1-16(2)18-5-3-17(4-6-18)11-29-12-22(30-15-25-27-28-30)10-23(29)24(31)26-21-8-7-19-13-32-14-20(19)9-21/h3-9,15-16,22-23H,10-14H2,1-2H3,(H,26,31)/t22-,23+/m1/s1. The first-order valence-corrected chi connectivity index (χ1v) is 11.1. The molecule has 1 fully saturated rings. The Balaban J connectivity index is 1.34. The second kappa shape index (κ2) is 8.80. The number of ether oxygens (including phenoxy) is 1. The minimum Gasteiger partial charge on any atom is -0.372 e. The van der Waals surface area contributed by atoms with E-state index in [1.54, 1.807) is 11.0 Å². The van der Waals surface area contributed by atoms with Crippen molar-refractivity contribution in [3.63, 3.8) is 0 Å². The molecule has 5 rings (SSSR count). The van der Waals surface area contributed by atoms with E-state index in [0.717, 1.165) is 11.3 Å². The molecule has 32 heavy (non-hydrogen) atoms. The highest BCUT2D eigenvalue weighted by Crippen LogP contribution is 2.30. The van der Waals surface area contributed by atoms with Crippen LogP contribution in [0.3, 0.4) is 0 Å². The maximum atomic E-state index is 13.3. The molecular formula is C24H28N6O2. The van der Waals surface area contributed by atoms with E-state index < -0.39 is 0 Å². The van der Waals surface area contributed by atoms with Gasteiger partial charge in [-0.3, -0.25) is 9.69 Å². The van der Waals surface area contributed by atoms with Crippen molar-refractivity contribution in [2.45, 2.75) is 58.0 Å². The summed E-state index contributed by atoms with van der Waals surface area (Å²) in [7, 11) is 0. The second-order valence-corrected chi connectivity index (χ2v) is 8.99. The van der Waals surface area contributed by atoms with Crippen LogP contribution in [0.15, 0.2) is 48.8 Å². The summed E-state index contributed by atoms with van der Waals surface area (Å²) < 4.78 is 7.25. The lowest BCUT2D eigenvalue weighted by atomic mass is 10.0. The van der Waals surface area contributed by atoms with Crippen LogP contribution in [0.4, 0.5) is 5.69 Å². The van der Waals surface area contributed by atoms with Crippen LogP contribution in [0.5, 0.6) is 0 Å². The summed E-state index contributed by atoms with van der Waals surface area (Å²) in [6, 6.07) is 14.5. The van der Waals surface area contributed by atoms with E-state index in [2.05, 4.69) is 63.9 Å². The SMILES string of the molecule is CC(C)c1ccc(CN2C[C@H](n3cnnn3)C[C@H]2C(=O)Nc2ccc3c(c2)COC3)cc1. The van der Waals surface area contributed by atoms with Gasteiger partial charge in [-0.15, -0.1) is 5.10 Å². The van der Waals surface area contributed by atoms with Crippen LogP contribution in [0.25, 0.3) is 0 Å². The molecule has 2 aliphatic rings. The van der Waals surface area contributed by atoms with Crippen molar-refractivity contribution in [2.24, 2.45) is 0 Å². The minimum absolute atomic E-state index is 0.00163. The molecule has 1 saturated heterocycles. The molecule has 0 unspecified atom stereocenters. The third-order valence-electron chi connectivity index (χ3n) is 6.44. The van der Waals surface area contributed by atoms with Crippen molar-refractivity contribution in [3.8, 4) is 0 Å². The molecular weight excluding hydrogens is 404 g/mol. The first-order valence-electron chi connectivity index (χ1n) is 11.1. The van der Waals surface area contributed by atoms with E-state index in [4.69, 9.17) is 4.74 Å². The maximum absolute atomic E-state index is 13.3. The molecule has 166 valence electrons. The lowest BCUT2D eigenvalue weighted by Crippen LogP contribution is -2.39.